The zero-order chi connectivity index (χ0) is 11.6. The van der Waals surface area contributed by atoms with Gasteiger partial charge >= 0.3 is 7.67 Å². The number of hydrogen-bond acceptors (Lipinski definition) is 2. The molecule has 1 atom stereocenters. The highest BCUT2D eigenvalue weighted by molar-refractivity contribution is 7.55. The Morgan fingerprint density at radius 1 is 1.38 bits per heavy atom. The van der Waals surface area contributed by atoms with Gasteiger partial charge in [-0.15, -0.1) is 0 Å². The van der Waals surface area contributed by atoms with E-state index in [1.54, 1.807) is 0 Å². The number of nitrogens with one attached hydrogen (secondary N) is 1. The number of nitrogens with zero attached hydrogens (tertiary/aromatic N) is 1. The highest BCUT2D eigenvalue weighted by Crippen LogP contribution is 2.50. The van der Waals surface area contributed by atoms with Gasteiger partial charge in [-0.1, -0.05) is 18.2 Å². The second-order valence-electron chi connectivity index (χ2n) is 4.09. The molecule has 0 bridgehead atoms. The summed E-state index contributed by atoms with van der Waals surface area (Å²) in [6, 6.07) is 9.50. The van der Waals surface area contributed by atoms with Crippen LogP contribution in [0.5, 0.6) is 5.75 Å². The Hall–Kier alpha value is -0.830. The van der Waals surface area contributed by atoms with E-state index in [9.17, 15) is 4.57 Å². The molecule has 0 aromatic heterocycles. The molecule has 1 fully saturated rings. The van der Waals surface area contributed by atoms with E-state index in [1.807, 2.05) is 48.8 Å². The van der Waals surface area contributed by atoms with Crippen molar-refractivity contribution in [3.63, 3.8) is 0 Å². The fourth-order valence-corrected chi connectivity index (χ4v) is 3.91. The molecule has 0 spiro atoms. The Bertz CT molecular complexity index is 394. The molecule has 0 saturated carbocycles. The molecule has 0 radical (unpaired) electrons. The van der Waals surface area contributed by atoms with E-state index in [-0.39, 0.29) is 6.04 Å². The van der Waals surface area contributed by atoms with Gasteiger partial charge in [-0.05, 0) is 26.0 Å². The van der Waals surface area contributed by atoms with Gasteiger partial charge in [0.15, 0.2) is 0 Å². The minimum absolute atomic E-state index is 0.213. The second-order valence-corrected chi connectivity index (χ2v) is 6.14. The molecule has 1 N–H and O–H groups in total. The van der Waals surface area contributed by atoms with Gasteiger partial charge in [0, 0.05) is 19.1 Å². The Kier molecular flexibility index (Phi) is 3.33. The van der Waals surface area contributed by atoms with Gasteiger partial charge < -0.3 is 4.52 Å². The summed E-state index contributed by atoms with van der Waals surface area (Å²) in [6.07, 6.45) is 0. The van der Waals surface area contributed by atoms with Crippen molar-refractivity contribution in [1.82, 2.24) is 9.76 Å². The molecule has 1 saturated heterocycles. The minimum atomic E-state index is -2.87. The van der Waals surface area contributed by atoms with E-state index in [1.165, 1.54) is 0 Å². The number of rotatable bonds is 3. The van der Waals surface area contributed by atoms with Gasteiger partial charge in [0.25, 0.3) is 0 Å². The number of hydrogen-bond donors (Lipinski definition) is 1. The first-order valence-corrected chi connectivity index (χ1v) is 7.06. The molecule has 16 heavy (non-hydrogen) atoms. The lowest BCUT2D eigenvalue weighted by Crippen LogP contribution is -2.27. The molecule has 5 heteroatoms. The first-order chi connectivity index (χ1) is 7.62. The molecule has 1 heterocycles. The van der Waals surface area contributed by atoms with Crippen LogP contribution < -0.4 is 9.61 Å². The van der Waals surface area contributed by atoms with E-state index in [4.69, 9.17) is 4.52 Å². The molecule has 0 aliphatic carbocycles. The van der Waals surface area contributed by atoms with Crippen LogP contribution in [0.3, 0.4) is 0 Å². The Balaban J connectivity index is 2.17. The summed E-state index contributed by atoms with van der Waals surface area (Å²) in [4.78, 5) is 0. The third kappa shape index (κ3) is 2.29. The van der Waals surface area contributed by atoms with Gasteiger partial charge in [-0.3, -0.25) is 0 Å². The largest absolute Gasteiger partial charge is 0.422 e. The summed E-state index contributed by atoms with van der Waals surface area (Å²) in [6.45, 7) is 5.52. The fourth-order valence-electron chi connectivity index (χ4n) is 1.80. The van der Waals surface area contributed by atoms with E-state index >= 15 is 0 Å². The zero-order valence-electron chi connectivity index (χ0n) is 9.59. The summed E-state index contributed by atoms with van der Waals surface area (Å²) >= 11 is 0. The summed E-state index contributed by atoms with van der Waals surface area (Å²) < 4.78 is 20.0. The normalized spacial score (nSPS) is 26.2. The highest BCUT2D eigenvalue weighted by atomic mass is 31.2. The van der Waals surface area contributed by atoms with Crippen molar-refractivity contribution in [1.29, 1.82) is 0 Å². The Labute approximate surface area is 96.2 Å². The lowest BCUT2D eigenvalue weighted by molar-refractivity contribution is 0.339. The molecule has 2 rings (SSSR count). The average molecular weight is 240 g/mol. The van der Waals surface area contributed by atoms with Crippen molar-refractivity contribution in [2.24, 2.45) is 0 Å². The lowest BCUT2D eigenvalue weighted by atomic mass is 10.3. The Morgan fingerprint density at radius 3 is 2.69 bits per heavy atom. The van der Waals surface area contributed by atoms with Crippen LogP contribution in [0.15, 0.2) is 30.3 Å². The minimum Gasteiger partial charge on any atom is -0.422 e. The third-order valence-electron chi connectivity index (χ3n) is 2.56. The topological polar surface area (TPSA) is 41.6 Å². The average Bonchev–Trinajstić information content (AvgIpc) is 2.61. The monoisotopic (exact) mass is 240 g/mol. The van der Waals surface area contributed by atoms with E-state index in [0.29, 0.717) is 12.3 Å². The molecule has 1 aliphatic heterocycles. The molecule has 4 nitrogen and oxygen atoms in total. The maximum Gasteiger partial charge on any atom is 0.393 e. The standard InChI is InChI=1S/C11H17N2O2P/c1-10(2)13-9-8-12-16(13,14)15-11-6-4-3-5-7-11/h3-7,10H,8-9H2,1-2H3,(H,12,14). The molecule has 88 valence electrons. The number of benzene rings is 1. The highest BCUT2D eigenvalue weighted by Gasteiger charge is 2.39. The van der Waals surface area contributed by atoms with Crippen molar-refractivity contribution in [3.05, 3.63) is 30.3 Å². The van der Waals surface area contributed by atoms with Crippen LogP contribution in [0, 0.1) is 0 Å². The molecular formula is C11H17N2O2P. The van der Waals surface area contributed by atoms with Gasteiger partial charge in [0.05, 0.1) is 0 Å². The summed E-state index contributed by atoms with van der Waals surface area (Å²) in [5.74, 6) is 0.644. The van der Waals surface area contributed by atoms with E-state index < -0.39 is 7.67 Å². The summed E-state index contributed by atoms with van der Waals surface area (Å²) in [5.41, 5.74) is 0. The van der Waals surface area contributed by atoms with Crippen LogP contribution >= 0.6 is 7.67 Å². The van der Waals surface area contributed by atoms with Crippen molar-refractivity contribution < 1.29 is 9.09 Å². The second kappa shape index (κ2) is 4.58. The molecule has 1 aliphatic rings. The smallest absolute Gasteiger partial charge is 0.393 e. The van der Waals surface area contributed by atoms with Crippen molar-refractivity contribution in [3.8, 4) is 5.75 Å². The van der Waals surface area contributed by atoms with Crippen molar-refractivity contribution >= 4 is 7.67 Å². The van der Waals surface area contributed by atoms with Crippen LogP contribution in [0.2, 0.25) is 0 Å². The van der Waals surface area contributed by atoms with E-state index in [2.05, 4.69) is 5.09 Å². The van der Waals surface area contributed by atoms with Crippen molar-refractivity contribution in [2.75, 3.05) is 13.1 Å². The SMILES string of the molecule is CC(C)N1CCNP1(=O)Oc1ccccc1. The predicted molar refractivity (Wildman–Crippen MR) is 64.5 cm³/mol. The lowest BCUT2D eigenvalue weighted by Gasteiger charge is -2.26. The summed E-state index contributed by atoms with van der Waals surface area (Å²) in [5, 5.41) is 2.97. The first kappa shape index (κ1) is 11.6. The van der Waals surface area contributed by atoms with Gasteiger partial charge in [-0.25, -0.2) is 14.3 Å². The third-order valence-corrected chi connectivity index (χ3v) is 4.98. The molecule has 1 aromatic rings. The summed E-state index contributed by atoms with van der Waals surface area (Å²) in [7, 11) is -2.87. The quantitative estimate of drug-likeness (QED) is 0.824. The molecular weight excluding hydrogens is 223 g/mol. The first-order valence-electron chi connectivity index (χ1n) is 5.49. The maximum absolute atomic E-state index is 12.5. The van der Waals surface area contributed by atoms with Crippen LogP contribution in [0.25, 0.3) is 0 Å². The van der Waals surface area contributed by atoms with E-state index in [0.717, 1.165) is 6.54 Å². The molecule has 0 amide bonds. The van der Waals surface area contributed by atoms with Gasteiger partial charge in [0.1, 0.15) is 5.75 Å². The molecule has 1 unspecified atom stereocenters. The van der Waals surface area contributed by atoms with Crippen LogP contribution in [0.4, 0.5) is 0 Å². The predicted octanol–water partition coefficient (Wildman–Crippen LogP) is 2.49. The maximum atomic E-state index is 12.5. The molecule has 1 aromatic carbocycles. The van der Waals surface area contributed by atoms with Gasteiger partial charge in [0.2, 0.25) is 0 Å². The van der Waals surface area contributed by atoms with Crippen molar-refractivity contribution in [2.45, 2.75) is 19.9 Å². The van der Waals surface area contributed by atoms with Crippen LogP contribution in [-0.4, -0.2) is 23.8 Å². The van der Waals surface area contributed by atoms with Crippen LogP contribution in [-0.2, 0) is 4.57 Å². The van der Waals surface area contributed by atoms with Crippen LogP contribution in [0.1, 0.15) is 13.8 Å². The zero-order valence-corrected chi connectivity index (χ0v) is 10.5. The fraction of sp³-hybridized carbons (Fsp3) is 0.455. The Morgan fingerprint density at radius 2 is 2.06 bits per heavy atom. The van der Waals surface area contributed by atoms with Gasteiger partial charge in [-0.2, -0.15) is 0 Å². The number of para-hydroxylation sites is 1.